The summed E-state index contributed by atoms with van der Waals surface area (Å²) in [5.74, 6) is -0.863. The molecule has 5 nitrogen and oxygen atoms in total. The number of halogens is 2. The summed E-state index contributed by atoms with van der Waals surface area (Å²) < 4.78 is 0.879. The highest BCUT2D eigenvalue weighted by atomic mass is 79.9. The Morgan fingerprint density at radius 3 is 2.56 bits per heavy atom. The fraction of sp³-hybridized carbons (Fsp3) is 0.111. The number of nitrogens with zero attached hydrogens (tertiary/aromatic N) is 2. The maximum Gasteiger partial charge on any atom is 0.282 e. The molecular formula is C18H15BrClN3O2. The molecule has 1 N–H and O–H groups in total. The summed E-state index contributed by atoms with van der Waals surface area (Å²) in [6.07, 6.45) is 1.58. The lowest BCUT2D eigenvalue weighted by Crippen LogP contribution is -2.35. The Kier molecular flexibility index (Phi) is 4.83. The van der Waals surface area contributed by atoms with Crippen LogP contribution in [0.5, 0.6) is 0 Å². The summed E-state index contributed by atoms with van der Waals surface area (Å²) in [4.78, 5) is 26.8. The molecule has 1 aliphatic rings. The van der Waals surface area contributed by atoms with Crippen molar-refractivity contribution in [3.63, 3.8) is 0 Å². The molecule has 0 aromatic heterocycles. The van der Waals surface area contributed by atoms with Gasteiger partial charge in [0.25, 0.3) is 11.8 Å². The molecule has 0 bridgehead atoms. The zero-order chi connectivity index (χ0) is 18.1. The number of hydrazine groups is 1. The number of hydrogen-bond acceptors (Lipinski definition) is 3. The van der Waals surface area contributed by atoms with E-state index in [2.05, 4.69) is 21.4 Å². The van der Waals surface area contributed by atoms with E-state index in [9.17, 15) is 9.59 Å². The normalized spacial score (nSPS) is 15.7. The van der Waals surface area contributed by atoms with Crippen LogP contribution >= 0.6 is 27.5 Å². The second-order valence-electron chi connectivity index (χ2n) is 5.72. The van der Waals surface area contributed by atoms with Crippen LogP contribution < -0.4 is 15.3 Å². The van der Waals surface area contributed by atoms with Crippen molar-refractivity contribution in [1.82, 2.24) is 5.43 Å². The monoisotopic (exact) mass is 419 g/mol. The van der Waals surface area contributed by atoms with Gasteiger partial charge in [0, 0.05) is 23.6 Å². The molecule has 1 saturated heterocycles. The molecule has 0 spiro atoms. The van der Waals surface area contributed by atoms with E-state index in [4.69, 9.17) is 11.6 Å². The number of benzene rings is 2. The van der Waals surface area contributed by atoms with E-state index in [0.717, 1.165) is 15.7 Å². The molecule has 0 atom stereocenters. The van der Waals surface area contributed by atoms with Crippen LogP contribution in [0.2, 0.25) is 5.02 Å². The van der Waals surface area contributed by atoms with E-state index < -0.39 is 11.8 Å². The Bertz CT molecular complexity index is 896. The van der Waals surface area contributed by atoms with Gasteiger partial charge in [0.2, 0.25) is 0 Å². The smallest absolute Gasteiger partial charge is 0.282 e. The lowest BCUT2D eigenvalue weighted by atomic mass is 10.1. The molecule has 7 heteroatoms. The Hall–Kier alpha value is -2.31. The van der Waals surface area contributed by atoms with Gasteiger partial charge in [-0.2, -0.15) is 0 Å². The van der Waals surface area contributed by atoms with Crippen LogP contribution in [0.3, 0.4) is 0 Å². The molecule has 0 saturated carbocycles. The van der Waals surface area contributed by atoms with Crippen molar-refractivity contribution in [1.29, 1.82) is 0 Å². The van der Waals surface area contributed by atoms with Crippen LogP contribution in [-0.2, 0) is 9.59 Å². The van der Waals surface area contributed by atoms with E-state index >= 15 is 0 Å². The minimum atomic E-state index is -0.446. The summed E-state index contributed by atoms with van der Waals surface area (Å²) >= 11 is 9.46. The van der Waals surface area contributed by atoms with Crippen molar-refractivity contribution < 1.29 is 9.59 Å². The Morgan fingerprint density at radius 1 is 1.16 bits per heavy atom. The molecule has 2 aromatic carbocycles. The van der Waals surface area contributed by atoms with Crippen molar-refractivity contribution in [2.75, 3.05) is 24.0 Å². The van der Waals surface area contributed by atoms with Gasteiger partial charge in [-0.15, -0.1) is 0 Å². The van der Waals surface area contributed by atoms with Crippen molar-refractivity contribution in [3.05, 3.63) is 63.1 Å². The molecule has 0 aliphatic carbocycles. The maximum absolute atomic E-state index is 12.6. The number of carbonyl (C=O) groups is 2. The quantitative estimate of drug-likeness (QED) is 0.609. The van der Waals surface area contributed by atoms with Gasteiger partial charge < -0.3 is 4.90 Å². The first kappa shape index (κ1) is 17.5. The average Bonchev–Trinajstić information content (AvgIpc) is 2.83. The fourth-order valence-corrected chi connectivity index (χ4v) is 3.43. The van der Waals surface area contributed by atoms with Gasteiger partial charge >= 0.3 is 0 Å². The lowest BCUT2D eigenvalue weighted by Gasteiger charge is -2.15. The zero-order valence-corrected chi connectivity index (χ0v) is 15.9. The number of amides is 2. The first-order valence-corrected chi connectivity index (χ1v) is 8.63. The lowest BCUT2D eigenvalue weighted by molar-refractivity contribution is -0.117. The van der Waals surface area contributed by atoms with Gasteiger partial charge in [0.15, 0.2) is 0 Å². The van der Waals surface area contributed by atoms with Crippen LogP contribution in [0.15, 0.2) is 52.5 Å². The van der Waals surface area contributed by atoms with Crippen molar-refractivity contribution >= 4 is 56.8 Å². The first-order chi connectivity index (χ1) is 11.9. The van der Waals surface area contributed by atoms with Gasteiger partial charge in [0.05, 0.1) is 11.4 Å². The Morgan fingerprint density at radius 2 is 1.92 bits per heavy atom. The zero-order valence-electron chi connectivity index (χ0n) is 13.6. The minimum Gasteiger partial charge on any atom is -0.377 e. The number of rotatable bonds is 3. The fourth-order valence-electron chi connectivity index (χ4n) is 2.50. The van der Waals surface area contributed by atoms with Gasteiger partial charge in [-0.3, -0.25) is 15.0 Å². The number of nitrogens with one attached hydrogen (secondary N) is 1. The SMILES string of the molecule is CN(C)c1ccc(C=C2C(=O)NN(c3cccc(Cl)c3)C2=O)cc1Br. The van der Waals surface area contributed by atoms with Crippen molar-refractivity contribution in [3.8, 4) is 0 Å². The van der Waals surface area contributed by atoms with E-state index in [1.165, 1.54) is 5.01 Å². The van der Waals surface area contributed by atoms with Crippen LogP contribution in [0.25, 0.3) is 6.08 Å². The molecule has 0 radical (unpaired) electrons. The first-order valence-electron chi connectivity index (χ1n) is 7.46. The summed E-state index contributed by atoms with van der Waals surface area (Å²) in [5.41, 5.74) is 4.90. The molecule has 128 valence electrons. The van der Waals surface area contributed by atoms with E-state index in [1.54, 1.807) is 30.3 Å². The number of carbonyl (C=O) groups excluding carboxylic acids is 2. The predicted octanol–water partition coefficient (Wildman–Crippen LogP) is 3.63. The highest BCUT2D eigenvalue weighted by Gasteiger charge is 2.34. The van der Waals surface area contributed by atoms with Crippen LogP contribution in [0, 0.1) is 0 Å². The molecule has 2 aromatic rings. The molecule has 2 amide bonds. The van der Waals surface area contributed by atoms with Crippen molar-refractivity contribution in [2.24, 2.45) is 0 Å². The van der Waals surface area contributed by atoms with Crippen LogP contribution in [-0.4, -0.2) is 25.9 Å². The second kappa shape index (κ2) is 6.90. The Labute approximate surface area is 159 Å². The van der Waals surface area contributed by atoms with Gasteiger partial charge in [0.1, 0.15) is 5.57 Å². The maximum atomic E-state index is 12.6. The Balaban J connectivity index is 1.92. The largest absolute Gasteiger partial charge is 0.377 e. The highest BCUT2D eigenvalue weighted by Crippen LogP contribution is 2.28. The molecule has 1 aliphatic heterocycles. The van der Waals surface area contributed by atoms with Crippen LogP contribution in [0.1, 0.15) is 5.56 Å². The summed E-state index contributed by atoms with van der Waals surface area (Å²) in [6.45, 7) is 0. The van der Waals surface area contributed by atoms with E-state index in [1.807, 2.05) is 37.2 Å². The third kappa shape index (κ3) is 3.55. The summed E-state index contributed by atoms with van der Waals surface area (Å²) in [7, 11) is 3.88. The van der Waals surface area contributed by atoms with E-state index in [-0.39, 0.29) is 5.57 Å². The molecular weight excluding hydrogens is 406 g/mol. The van der Waals surface area contributed by atoms with E-state index in [0.29, 0.717) is 10.7 Å². The highest BCUT2D eigenvalue weighted by molar-refractivity contribution is 9.10. The standard InChI is InChI=1S/C18H15BrClN3O2/c1-22(2)16-7-6-11(9-15(16)19)8-14-17(24)21-23(18(14)25)13-5-3-4-12(20)10-13/h3-10H,1-2H3,(H,21,24). The minimum absolute atomic E-state index is 0.0736. The summed E-state index contributed by atoms with van der Waals surface area (Å²) in [5, 5.41) is 1.68. The van der Waals surface area contributed by atoms with Gasteiger partial charge in [-0.05, 0) is 57.9 Å². The number of hydrogen-bond donors (Lipinski definition) is 1. The van der Waals surface area contributed by atoms with Crippen LogP contribution in [0.4, 0.5) is 11.4 Å². The molecule has 1 fully saturated rings. The molecule has 1 heterocycles. The second-order valence-corrected chi connectivity index (χ2v) is 7.02. The average molecular weight is 421 g/mol. The predicted molar refractivity (Wildman–Crippen MR) is 104 cm³/mol. The molecule has 0 unspecified atom stereocenters. The van der Waals surface area contributed by atoms with Gasteiger partial charge in [-0.1, -0.05) is 23.7 Å². The molecule has 25 heavy (non-hydrogen) atoms. The topological polar surface area (TPSA) is 52.7 Å². The summed E-state index contributed by atoms with van der Waals surface area (Å²) in [6, 6.07) is 12.4. The van der Waals surface area contributed by atoms with Gasteiger partial charge in [-0.25, -0.2) is 5.01 Å². The van der Waals surface area contributed by atoms with Crippen molar-refractivity contribution in [2.45, 2.75) is 0 Å². The third-order valence-corrected chi connectivity index (χ3v) is 4.59. The molecule has 3 rings (SSSR count). The third-order valence-electron chi connectivity index (χ3n) is 3.72. The number of anilines is 2.